The van der Waals surface area contributed by atoms with E-state index in [1.54, 1.807) is 4.90 Å². The summed E-state index contributed by atoms with van der Waals surface area (Å²) in [7, 11) is 0. The van der Waals surface area contributed by atoms with Crippen LogP contribution in [0.4, 0.5) is 5.69 Å². The van der Waals surface area contributed by atoms with Crippen molar-refractivity contribution in [3.8, 4) is 0 Å². The molecule has 1 saturated heterocycles. The molecule has 0 aliphatic carbocycles. The van der Waals surface area contributed by atoms with Gasteiger partial charge in [-0.05, 0) is 49.8 Å². The molecule has 0 radical (unpaired) electrons. The molecule has 35 heavy (non-hydrogen) atoms. The van der Waals surface area contributed by atoms with E-state index < -0.39 is 12.1 Å². The molecule has 2 atom stereocenters. The van der Waals surface area contributed by atoms with Crippen LogP contribution in [0.2, 0.25) is 0 Å². The fourth-order valence-electron chi connectivity index (χ4n) is 4.42. The highest BCUT2D eigenvalue weighted by Gasteiger charge is 2.31. The van der Waals surface area contributed by atoms with Gasteiger partial charge in [-0.15, -0.1) is 0 Å². The van der Waals surface area contributed by atoms with E-state index in [9.17, 15) is 14.4 Å². The Morgan fingerprint density at radius 2 is 1.63 bits per heavy atom. The first-order chi connectivity index (χ1) is 16.7. The normalized spacial score (nSPS) is 16.0. The van der Waals surface area contributed by atoms with Gasteiger partial charge in [-0.25, -0.2) is 0 Å². The molecule has 0 aromatic heterocycles. The van der Waals surface area contributed by atoms with E-state index in [1.807, 2.05) is 75.4 Å². The topological polar surface area (TPSA) is 105 Å². The lowest BCUT2D eigenvalue weighted by Gasteiger charge is -2.33. The maximum atomic E-state index is 13.1. The van der Waals surface area contributed by atoms with Crippen LogP contribution in [-0.2, 0) is 20.8 Å². The summed E-state index contributed by atoms with van der Waals surface area (Å²) in [5.41, 5.74) is 8.84. The number of nitrogens with two attached hydrogens (primary N) is 1. The quantitative estimate of drug-likeness (QED) is 0.514. The van der Waals surface area contributed by atoms with Crippen molar-refractivity contribution in [2.24, 2.45) is 17.6 Å². The van der Waals surface area contributed by atoms with Gasteiger partial charge in [0, 0.05) is 31.1 Å². The van der Waals surface area contributed by atoms with Crippen LogP contribution in [0.25, 0.3) is 0 Å². The van der Waals surface area contributed by atoms with E-state index in [0.29, 0.717) is 50.4 Å². The summed E-state index contributed by atoms with van der Waals surface area (Å²) in [6.07, 6.45) is 2.16. The van der Waals surface area contributed by atoms with E-state index in [0.717, 1.165) is 11.1 Å². The van der Waals surface area contributed by atoms with Crippen LogP contribution in [0.5, 0.6) is 0 Å². The second-order valence-electron chi connectivity index (χ2n) is 9.94. The summed E-state index contributed by atoms with van der Waals surface area (Å²) in [5, 5.41) is 5.91. The summed E-state index contributed by atoms with van der Waals surface area (Å²) >= 11 is 0. The second-order valence-corrected chi connectivity index (χ2v) is 9.94. The Balaban J connectivity index is 1.61. The molecule has 3 rings (SSSR count). The van der Waals surface area contributed by atoms with Crippen LogP contribution in [-0.4, -0.2) is 47.8 Å². The van der Waals surface area contributed by atoms with E-state index in [1.165, 1.54) is 0 Å². The predicted octanol–water partition coefficient (Wildman–Crippen LogP) is 3.27. The van der Waals surface area contributed by atoms with Gasteiger partial charge in [-0.1, -0.05) is 61.9 Å². The Hall–Kier alpha value is -3.19. The third-order valence-electron chi connectivity index (χ3n) is 6.45. The van der Waals surface area contributed by atoms with Crippen molar-refractivity contribution in [3.05, 3.63) is 65.7 Å². The van der Waals surface area contributed by atoms with Crippen molar-refractivity contribution in [1.82, 2.24) is 10.2 Å². The van der Waals surface area contributed by atoms with Crippen LogP contribution in [0.3, 0.4) is 0 Å². The summed E-state index contributed by atoms with van der Waals surface area (Å²) < 4.78 is 0. The molecule has 3 amide bonds. The molecule has 1 fully saturated rings. The molecule has 0 spiro atoms. The third-order valence-corrected chi connectivity index (χ3v) is 6.45. The highest BCUT2D eigenvalue weighted by atomic mass is 16.2. The summed E-state index contributed by atoms with van der Waals surface area (Å²) in [5.74, 6) is -0.338. The molecular weight excluding hydrogens is 440 g/mol. The summed E-state index contributed by atoms with van der Waals surface area (Å²) in [6, 6.07) is 16.0. The monoisotopic (exact) mass is 478 g/mol. The van der Waals surface area contributed by atoms with Crippen LogP contribution in [0.1, 0.15) is 44.2 Å². The number of benzene rings is 2. The lowest BCUT2D eigenvalue weighted by Crippen LogP contribution is -2.51. The maximum absolute atomic E-state index is 13.1. The summed E-state index contributed by atoms with van der Waals surface area (Å²) in [4.78, 5) is 40.7. The molecule has 0 saturated carbocycles. The molecule has 4 N–H and O–H groups in total. The van der Waals surface area contributed by atoms with Gasteiger partial charge in [0.2, 0.25) is 17.7 Å². The number of aryl methyl sites for hydroxylation is 1. The van der Waals surface area contributed by atoms with E-state index in [-0.39, 0.29) is 23.6 Å². The number of carbonyl (C=O) groups excluding carboxylic acids is 3. The second kappa shape index (κ2) is 12.5. The maximum Gasteiger partial charge on any atom is 0.247 e. The minimum Gasteiger partial charge on any atom is -0.344 e. The first-order valence-corrected chi connectivity index (χ1v) is 12.5. The minimum absolute atomic E-state index is 0.0445. The number of hydrogen-bond acceptors (Lipinski definition) is 4. The molecular formula is C28H38N4O3. The smallest absolute Gasteiger partial charge is 0.247 e. The predicted molar refractivity (Wildman–Crippen MR) is 139 cm³/mol. The Labute approximate surface area is 208 Å². The Kier molecular flexibility index (Phi) is 9.43. The van der Waals surface area contributed by atoms with Gasteiger partial charge in [-0.3, -0.25) is 14.4 Å². The number of carbonyl (C=O) groups is 3. The van der Waals surface area contributed by atoms with Crippen LogP contribution in [0, 0.1) is 18.8 Å². The van der Waals surface area contributed by atoms with Crippen molar-refractivity contribution in [2.75, 3.05) is 18.4 Å². The van der Waals surface area contributed by atoms with Gasteiger partial charge in [0.15, 0.2) is 0 Å². The van der Waals surface area contributed by atoms with Crippen molar-refractivity contribution in [3.63, 3.8) is 0 Å². The fourth-order valence-corrected chi connectivity index (χ4v) is 4.42. The van der Waals surface area contributed by atoms with Crippen LogP contribution >= 0.6 is 0 Å². The van der Waals surface area contributed by atoms with Gasteiger partial charge in [0.1, 0.15) is 6.04 Å². The van der Waals surface area contributed by atoms with Gasteiger partial charge in [0.05, 0.1) is 6.04 Å². The first-order valence-electron chi connectivity index (χ1n) is 12.5. The van der Waals surface area contributed by atoms with Gasteiger partial charge in [0.25, 0.3) is 0 Å². The molecule has 1 heterocycles. The molecule has 7 nitrogen and oxygen atoms in total. The van der Waals surface area contributed by atoms with Crippen molar-refractivity contribution in [2.45, 2.75) is 58.5 Å². The lowest BCUT2D eigenvalue weighted by molar-refractivity contribution is -0.137. The number of hydrogen-bond donors (Lipinski definition) is 3. The fraction of sp³-hybridized carbons (Fsp3) is 0.464. The molecule has 188 valence electrons. The van der Waals surface area contributed by atoms with Crippen molar-refractivity contribution in [1.29, 1.82) is 0 Å². The average Bonchev–Trinajstić information content (AvgIpc) is 2.84. The van der Waals surface area contributed by atoms with Crippen molar-refractivity contribution < 1.29 is 14.4 Å². The number of nitrogens with zero attached hydrogens (tertiary/aromatic N) is 1. The van der Waals surface area contributed by atoms with Crippen LogP contribution in [0.15, 0.2) is 54.6 Å². The van der Waals surface area contributed by atoms with E-state index in [4.69, 9.17) is 5.73 Å². The highest BCUT2D eigenvalue weighted by molar-refractivity contribution is 5.97. The molecule has 1 aliphatic rings. The van der Waals surface area contributed by atoms with Gasteiger partial charge < -0.3 is 21.3 Å². The number of likely N-dealkylation sites (tertiary alicyclic amines) is 1. The van der Waals surface area contributed by atoms with Gasteiger partial charge in [-0.2, -0.15) is 0 Å². The standard InChI is InChI=1S/C28H38N4O3/c1-19(2)17-24(29)28(35)32-15-13-22(14-16-32)26(33)31-25(18-21-7-5-4-6-8-21)27(34)30-23-11-9-20(3)10-12-23/h4-12,19,22,24-25H,13-18,29H2,1-3H3,(H,30,34)(H,31,33). The molecule has 2 aromatic carbocycles. The Morgan fingerprint density at radius 1 is 1.00 bits per heavy atom. The Bertz CT molecular complexity index is 983. The zero-order valence-corrected chi connectivity index (χ0v) is 21.0. The lowest BCUT2D eigenvalue weighted by atomic mass is 9.94. The number of anilines is 1. The van der Waals surface area contributed by atoms with Crippen molar-refractivity contribution >= 4 is 23.4 Å². The number of piperidine rings is 1. The van der Waals surface area contributed by atoms with Gasteiger partial charge >= 0.3 is 0 Å². The molecule has 2 unspecified atom stereocenters. The third kappa shape index (κ3) is 7.92. The average molecular weight is 479 g/mol. The molecule has 2 aromatic rings. The first kappa shape index (κ1) is 26.4. The Morgan fingerprint density at radius 3 is 2.23 bits per heavy atom. The molecule has 1 aliphatic heterocycles. The molecule has 0 bridgehead atoms. The largest absolute Gasteiger partial charge is 0.344 e. The summed E-state index contributed by atoms with van der Waals surface area (Å²) in [6.45, 7) is 7.08. The highest BCUT2D eigenvalue weighted by Crippen LogP contribution is 2.20. The van der Waals surface area contributed by atoms with E-state index >= 15 is 0 Å². The van der Waals surface area contributed by atoms with Crippen LogP contribution < -0.4 is 16.4 Å². The SMILES string of the molecule is Cc1ccc(NC(=O)C(Cc2ccccc2)NC(=O)C2CCN(C(=O)C(N)CC(C)C)CC2)cc1. The zero-order chi connectivity index (χ0) is 25.4. The molecule has 7 heteroatoms. The number of nitrogens with one attached hydrogen (secondary N) is 2. The minimum atomic E-state index is -0.703. The zero-order valence-electron chi connectivity index (χ0n) is 21.0. The van der Waals surface area contributed by atoms with E-state index in [2.05, 4.69) is 10.6 Å². The number of amides is 3. The number of rotatable bonds is 9.